The van der Waals surface area contributed by atoms with Gasteiger partial charge in [0.1, 0.15) is 5.69 Å². The quantitative estimate of drug-likeness (QED) is 0.469. The van der Waals surface area contributed by atoms with Crippen LogP contribution in [0.5, 0.6) is 0 Å². The number of carbonyl (C=O) groups is 4. The molecule has 0 radical (unpaired) electrons. The van der Waals surface area contributed by atoms with Gasteiger partial charge in [-0.3, -0.25) is 19.2 Å². The first-order valence-corrected chi connectivity index (χ1v) is 9.40. The van der Waals surface area contributed by atoms with Gasteiger partial charge in [-0.05, 0) is 12.1 Å². The van der Waals surface area contributed by atoms with Crippen LogP contribution in [0.25, 0.3) is 5.52 Å². The van der Waals surface area contributed by atoms with E-state index in [-0.39, 0.29) is 40.6 Å². The fourth-order valence-electron chi connectivity index (χ4n) is 3.63. The highest BCUT2D eigenvalue weighted by atomic mass is 16.5. The van der Waals surface area contributed by atoms with E-state index in [1.807, 2.05) is 0 Å². The number of nitrogens with zero attached hydrogens (tertiary/aromatic N) is 1. The summed E-state index contributed by atoms with van der Waals surface area (Å²) in [6, 6.07) is 11.6. The molecule has 0 atom stereocenters. The number of hydrogen-bond donors (Lipinski definition) is 2. The number of methoxy groups -OCH3 is 1. The van der Waals surface area contributed by atoms with Crippen molar-refractivity contribution in [1.29, 1.82) is 0 Å². The van der Waals surface area contributed by atoms with Gasteiger partial charge in [-0.1, -0.05) is 30.3 Å². The summed E-state index contributed by atoms with van der Waals surface area (Å²) in [4.78, 5) is 51.3. The van der Waals surface area contributed by atoms with Crippen LogP contribution in [0.15, 0.2) is 48.7 Å². The minimum Gasteiger partial charge on any atom is -0.383 e. The summed E-state index contributed by atoms with van der Waals surface area (Å²) in [6.45, 7) is 0.410. The molecule has 0 saturated heterocycles. The van der Waals surface area contributed by atoms with Crippen molar-refractivity contribution in [1.82, 2.24) is 15.0 Å². The smallest absolute Gasteiger partial charge is 0.254 e. The Hall–Kier alpha value is -3.78. The van der Waals surface area contributed by atoms with Crippen LogP contribution in [0.2, 0.25) is 0 Å². The molecule has 4 rings (SSSR count). The molecule has 8 nitrogen and oxygen atoms in total. The van der Waals surface area contributed by atoms with Crippen molar-refractivity contribution in [2.75, 3.05) is 26.8 Å². The summed E-state index contributed by atoms with van der Waals surface area (Å²) < 4.78 is 6.42. The number of fused-ring (bicyclic) bond motifs is 4. The summed E-state index contributed by atoms with van der Waals surface area (Å²) in [7, 11) is 1.52. The van der Waals surface area contributed by atoms with Gasteiger partial charge in [0, 0.05) is 31.0 Å². The van der Waals surface area contributed by atoms with Gasteiger partial charge in [-0.25, -0.2) is 0 Å². The van der Waals surface area contributed by atoms with Crippen molar-refractivity contribution >= 4 is 28.9 Å². The van der Waals surface area contributed by atoms with Crippen molar-refractivity contribution in [2.24, 2.45) is 0 Å². The van der Waals surface area contributed by atoms with E-state index in [4.69, 9.17) is 4.74 Å². The maximum Gasteiger partial charge on any atom is 0.254 e. The van der Waals surface area contributed by atoms with Crippen molar-refractivity contribution in [2.45, 2.75) is 0 Å². The lowest BCUT2D eigenvalue weighted by Gasteiger charge is -2.15. The Morgan fingerprint density at radius 1 is 0.967 bits per heavy atom. The highest BCUT2D eigenvalue weighted by Crippen LogP contribution is 2.33. The number of aromatic nitrogens is 1. The van der Waals surface area contributed by atoms with Gasteiger partial charge in [0.15, 0.2) is 5.78 Å². The first-order valence-electron chi connectivity index (χ1n) is 9.40. The molecule has 3 aromatic rings. The van der Waals surface area contributed by atoms with Gasteiger partial charge in [-0.2, -0.15) is 0 Å². The standard InChI is InChI=1S/C22H19N3O5/c1-30-11-9-23-16(26)12-24-22(29)17-15-8-4-5-10-25(15)19-18(17)20(27)13-6-2-3-7-14(13)21(19)28/h2-8,10H,9,11-12H2,1H3,(H,23,26)(H,24,29). The molecular formula is C22H19N3O5. The summed E-state index contributed by atoms with van der Waals surface area (Å²) in [5.41, 5.74) is 1.30. The Morgan fingerprint density at radius 3 is 2.40 bits per heavy atom. The number of carbonyl (C=O) groups excluding carboxylic acids is 4. The summed E-state index contributed by atoms with van der Waals surface area (Å²) in [5.74, 6) is -1.69. The number of hydrogen-bond acceptors (Lipinski definition) is 5. The molecule has 2 N–H and O–H groups in total. The molecule has 0 saturated carbocycles. The minimum atomic E-state index is -0.595. The Kier molecular flexibility index (Phi) is 5.16. The van der Waals surface area contributed by atoms with E-state index in [1.165, 1.54) is 7.11 Å². The van der Waals surface area contributed by atoms with E-state index in [1.54, 1.807) is 53.1 Å². The summed E-state index contributed by atoms with van der Waals surface area (Å²) >= 11 is 0. The second kappa shape index (κ2) is 7.92. The molecule has 0 aliphatic heterocycles. The molecule has 1 aliphatic rings. The molecule has 2 heterocycles. The van der Waals surface area contributed by atoms with Gasteiger partial charge in [0.25, 0.3) is 5.91 Å². The fourth-order valence-corrected chi connectivity index (χ4v) is 3.63. The van der Waals surface area contributed by atoms with Crippen LogP contribution in [0.1, 0.15) is 42.3 Å². The van der Waals surface area contributed by atoms with Crippen LogP contribution in [0.3, 0.4) is 0 Å². The van der Waals surface area contributed by atoms with Crippen molar-refractivity contribution in [3.05, 3.63) is 76.6 Å². The number of ketones is 2. The SMILES string of the molecule is COCCNC(=O)CNC(=O)c1c2c(n3ccccc13)C(=O)c1ccccc1C2=O. The van der Waals surface area contributed by atoms with Crippen LogP contribution in [0, 0.1) is 0 Å². The monoisotopic (exact) mass is 405 g/mol. The first-order chi connectivity index (χ1) is 14.5. The zero-order chi connectivity index (χ0) is 21.3. The lowest BCUT2D eigenvalue weighted by atomic mass is 9.86. The maximum absolute atomic E-state index is 13.2. The van der Waals surface area contributed by atoms with Gasteiger partial charge in [0.05, 0.1) is 29.8 Å². The lowest BCUT2D eigenvalue weighted by molar-refractivity contribution is -0.120. The second-order valence-corrected chi connectivity index (χ2v) is 6.78. The third-order valence-corrected chi connectivity index (χ3v) is 4.97. The first kappa shape index (κ1) is 19.5. The Labute approximate surface area is 171 Å². The molecule has 30 heavy (non-hydrogen) atoms. The predicted molar refractivity (Wildman–Crippen MR) is 108 cm³/mol. The molecule has 0 spiro atoms. The van der Waals surface area contributed by atoms with E-state index in [0.717, 1.165) is 0 Å². The summed E-state index contributed by atoms with van der Waals surface area (Å²) in [5, 5.41) is 5.15. The van der Waals surface area contributed by atoms with E-state index in [2.05, 4.69) is 10.6 Å². The van der Waals surface area contributed by atoms with Crippen LogP contribution in [-0.4, -0.2) is 54.6 Å². The van der Waals surface area contributed by atoms with Crippen molar-refractivity contribution < 1.29 is 23.9 Å². The largest absolute Gasteiger partial charge is 0.383 e. The Bertz CT molecular complexity index is 1190. The van der Waals surface area contributed by atoms with Crippen LogP contribution in [-0.2, 0) is 9.53 Å². The lowest BCUT2D eigenvalue weighted by Crippen LogP contribution is -2.38. The average molecular weight is 405 g/mol. The molecule has 0 fully saturated rings. The number of amides is 2. The van der Waals surface area contributed by atoms with Crippen molar-refractivity contribution in [3.63, 3.8) is 0 Å². The van der Waals surface area contributed by atoms with Crippen LogP contribution in [0.4, 0.5) is 0 Å². The third-order valence-electron chi connectivity index (χ3n) is 4.97. The average Bonchev–Trinajstić information content (AvgIpc) is 3.12. The fraction of sp³-hybridized carbons (Fsp3) is 0.182. The van der Waals surface area contributed by atoms with Crippen LogP contribution < -0.4 is 10.6 Å². The van der Waals surface area contributed by atoms with E-state index in [0.29, 0.717) is 24.2 Å². The Balaban J connectivity index is 1.73. The molecule has 152 valence electrons. The zero-order valence-electron chi connectivity index (χ0n) is 16.2. The molecule has 0 bridgehead atoms. The minimum absolute atomic E-state index is 0.0576. The van der Waals surface area contributed by atoms with Gasteiger partial charge in [0.2, 0.25) is 11.7 Å². The second-order valence-electron chi connectivity index (χ2n) is 6.78. The highest BCUT2D eigenvalue weighted by molar-refractivity contribution is 6.32. The molecule has 2 amide bonds. The summed E-state index contributed by atoms with van der Waals surface area (Å²) in [6.07, 6.45) is 1.64. The van der Waals surface area contributed by atoms with Gasteiger partial charge in [-0.15, -0.1) is 0 Å². The van der Waals surface area contributed by atoms with E-state index < -0.39 is 11.7 Å². The molecule has 2 aromatic heterocycles. The third kappa shape index (κ3) is 3.17. The molecular weight excluding hydrogens is 386 g/mol. The number of benzene rings is 1. The molecule has 0 unspecified atom stereocenters. The molecule has 1 aromatic carbocycles. The molecule has 8 heteroatoms. The van der Waals surface area contributed by atoms with E-state index >= 15 is 0 Å². The van der Waals surface area contributed by atoms with Gasteiger partial charge < -0.3 is 19.8 Å². The molecule has 1 aliphatic carbocycles. The maximum atomic E-state index is 13.2. The number of nitrogens with one attached hydrogen (secondary N) is 2. The normalized spacial score (nSPS) is 12.4. The topological polar surface area (TPSA) is 106 Å². The number of ether oxygens (including phenoxy) is 1. The number of pyridine rings is 1. The predicted octanol–water partition coefficient (Wildman–Crippen LogP) is 1.21. The highest BCUT2D eigenvalue weighted by Gasteiger charge is 2.37. The van der Waals surface area contributed by atoms with Crippen LogP contribution >= 0.6 is 0 Å². The zero-order valence-corrected chi connectivity index (χ0v) is 16.2. The van der Waals surface area contributed by atoms with Gasteiger partial charge >= 0.3 is 0 Å². The Morgan fingerprint density at radius 2 is 1.67 bits per heavy atom. The van der Waals surface area contributed by atoms with E-state index in [9.17, 15) is 19.2 Å². The number of rotatable bonds is 6. The van der Waals surface area contributed by atoms with Crippen molar-refractivity contribution in [3.8, 4) is 0 Å².